The Bertz CT molecular complexity index is 840. The second kappa shape index (κ2) is 5.84. The number of rotatable bonds is 3. The summed E-state index contributed by atoms with van der Waals surface area (Å²) in [6.07, 6.45) is 1.33. The number of carbonyl (C=O) groups excluding carboxylic acids is 1. The van der Waals surface area contributed by atoms with Crippen LogP contribution in [0.5, 0.6) is 0 Å². The number of pyridine rings is 1. The van der Waals surface area contributed by atoms with E-state index in [9.17, 15) is 13.6 Å². The van der Waals surface area contributed by atoms with Gasteiger partial charge < -0.3 is 11.1 Å². The van der Waals surface area contributed by atoms with Crippen LogP contribution in [-0.2, 0) is 0 Å². The number of hydrogen-bond donors (Lipinski definition) is 3. The number of nitrogens with zero attached hydrogens (tertiary/aromatic N) is 2. The molecule has 0 bridgehead atoms. The van der Waals surface area contributed by atoms with E-state index >= 15 is 0 Å². The number of nitrogens with one attached hydrogen (secondary N) is 2. The van der Waals surface area contributed by atoms with Crippen LogP contribution < -0.4 is 11.1 Å². The second-order valence-corrected chi connectivity index (χ2v) is 4.75. The first-order valence-electron chi connectivity index (χ1n) is 6.56. The summed E-state index contributed by atoms with van der Waals surface area (Å²) < 4.78 is 26.4. The van der Waals surface area contributed by atoms with Crippen molar-refractivity contribution in [1.82, 2.24) is 15.2 Å². The van der Waals surface area contributed by atoms with Crippen LogP contribution in [-0.4, -0.2) is 21.1 Å². The highest BCUT2D eigenvalue weighted by Crippen LogP contribution is 2.22. The van der Waals surface area contributed by atoms with Crippen molar-refractivity contribution in [1.29, 1.82) is 0 Å². The van der Waals surface area contributed by atoms with E-state index in [-0.39, 0.29) is 11.4 Å². The standard InChI is InChI=1S/C15H11F2N5O/c16-10-3-9(4-11(17)5-10)12-6-14(22-21-12)20-15(23)8-1-2-13(18)19-7-8/h1-7H,(H2,18,19)(H2,20,21,22,23). The van der Waals surface area contributed by atoms with Crippen molar-refractivity contribution in [2.45, 2.75) is 0 Å². The molecule has 0 aliphatic carbocycles. The van der Waals surface area contributed by atoms with Gasteiger partial charge in [-0.3, -0.25) is 9.89 Å². The number of benzene rings is 1. The van der Waals surface area contributed by atoms with Crippen LogP contribution in [0.3, 0.4) is 0 Å². The molecule has 0 aliphatic rings. The molecule has 0 fully saturated rings. The minimum atomic E-state index is -0.701. The van der Waals surface area contributed by atoms with E-state index in [1.165, 1.54) is 24.4 Å². The molecule has 0 unspecified atom stereocenters. The number of amides is 1. The molecule has 0 saturated carbocycles. The van der Waals surface area contributed by atoms with E-state index in [4.69, 9.17) is 5.73 Å². The maximum Gasteiger partial charge on any atom is 0.258 e. The molecule has 23 heavy (non-hydrogen) atoms. The molecule has 0 radical (unpaired) electrons. The number of aromatic amines is 1. The smallest absolute Gasteiger partial charge is 0.258 e. The van der Waals surface area contributed by atoms with E-state index in [2.05, 4.69) is 20.5 Å². The third-order valence-corrected chi connectivity index (χ3v) is 3.04. The average molecular weight is 315 g/mol. The Balaban J connectivity index is 1.79. The van der Waals surface area contributed by atoms with Gasteiger partial charge >= 0.3 is 0 Å². The molecular weight excluding hydrogens is 304 g/mol. The lowest BCUT2D eigenvalue weighted by atomic mass is 10.1. The fraction of sp³-hybridized carbons (Fsp3) is 0. The molecule has 116 valence electrons. The zero-order chi connectivity index (χ0) is 16.4. The van der Waals surface area contributed by atoms with E-state index in [1.54, 1.807) is 0 Å². The van der Waals surface area contributed by atoms with Crippen LogP contribution >= 0.6 is 0 Å². The Morgan fingerprint density at radius 3 is 2.52 bits per heavy atom. The maximum atomic E-state index is 13.2. The Hall–Kier alpha value is -3.29. The van der Waals surface area contributed by atoms with Crippen molar-refractivity contribution in [2.24, 2.45) is 0 Å². The second-order valence-electron chi connectivity index (χ2n) is 4.75. The number of hydrogen-bond acceptors (Lipinski definition) is 4. The normalized spacial score (nSPS) is 10.5. The van der Waals surface area contributed by atoms with Gasteiger partial charge in [-0.2, -0.15) is 5.10 Å². The first-order chi connectivity index (χ1) is 11.0. The fourth-order valence-electron chi connectivity index (χ4n) is 1.97. The lowest BCUT2D eigenvalue weighted by Crippen LogP contribution is -2.12. The number of nitrogens with two attached hydrogens (primary N) is 1. The third-order valence-electron chi connectivity index (χ3n) is 3.04. The third kappa shape index (κ3) is 3.31. The first kappa shape index (κ1) is 14.6. The van der Waals surface area contributed by atoms with Gasteiger partial charge in [0, 0.05) is 23.9 Å². The zero-order valence-electron chi connectivity index (χ0n) is 11.7. The zero-order valence-corrected chi connectivity index (χ0v) is 11.7. The van der Waals surface area contributed by atoms with Crippen molar-refractivity contribution in [3.63, 3.8) is 0 Å². The summed E-state index contributed by atoms with van der Waals surface area (Å²) in [6, 6.07) is 7.58. The van der Waals surface area contributed by atoms with Crippen LogP contribution in [0, 0.1) is 11.6 Å². The maximum absolute atomic E-state index is 13.2. The summed E-state index contributed by atoms with van der Waals surface area (Å²) in [5.74, 6) is -1.31. The Kier molecular flexibility index (Phi) is 3.71. The predicted molar refractivity (Wildman–Crippen MR) is 80.5 cm³/mol. The molecule has 2 heterocycles. The summed E-state index contributed by atoms with van der Waals surface area (Å²) in [5, 5.41) is 9.04. The fourth-order valence-corrected chi connectivity index (χ4v) is 1.97. The van der Waals surface area contributed by atoms with E-state index in [0.717, 1.165) is 18.2 Å². The quantitative estimate of drug-likeness (QED) is 0.692. The van der Waals surface area contributed by atoms with Crippen molar-refractivity contribution in [2.75, 3.05) is 11.1 Å². The highest BCUT2D eigenvalue weighted by molar-refractivity contribution is 6.03. The minimum Gasteiger partial charge on any atom is -0.384 e. The highest BCUT2D eigenvalue weighted by atomic mass is 19.1. The molecule has 6 nitrogen and oxygen atoms in total. The molecule has 8 heteroatoms. The van der Waals surface area contributed by atoms with Crippen LogP contribution in [0.1, 0.15) is 10.4 Å². The number of carbonyl (C=O) groups is 1. The van der Waals surface area contributed by atoms with E-state index in [1.807, 2.05) is 0 Å². The molecule has 3 aromatic rings. The average Bonchev–Trinajstić information content (AvgIpc) is 2.95. The lowest BCUT2D eigenvalue weighted by Gasteiger charge is -2.01. The van der Waals surface area contributed by atoms with Crippen LogP contribution in [0.15, 0.2) is 42.6 Å². The number of nitrogen functional groups attached to an aromatic ring is 1. The molecule has 3 rings (SSSR count). The van der Waals surface area contributed by atoms with Crippen molar-refractivity contribution in [3.8, 4) is 11.3 Å². The van der Waals surface area contributed by atoms with Gasteiger partial charge in [-0.25, -0.2) is 13.8 Å². The number of anilines is 2. The molecule has 0 atom stereocenters. The van der Waals surface area contributed by atoms with Crippen molar-refractivity contribution in [3.05, 3.63) is 59.8 Å². The minimum absolute atomic E-state index is 0.214. The van der Waals surface area contributed by atoms with Gasteiger partial charge in [0.2, 0.25) is 0 Å². The monoisotopic (exact) mass is 315 g/mol. The molecule has 1 aromatic carbocycles. The van der Waals surface area contributed by atoms with Crippen LogP contribution in [0.4, 0.5) is 20.4 Å². The molecule has 0 spiro atoms. The molecular formula is C15H11F2N5O. The summed E-state index contributed by atoms with van der Waals surface area (Å²) in [5.41, 5.74) is 6.41. The van der Waals surface area contributed by atoms with Crippen molar-refractivity contribution < 1.29 is 13.6 Å². The Morgan fingerprint density at radius 1 is 1.13 bits per heavy atom. The van der Waals surface area contributed by atoms with Gasteiger partial charge in [0.05, 0.1) is 11.3 Å². The lowest BCUT2D eigenvalue weighted by molar-refractivity contribution is 0.102. The SMILES string of the molecule is Nc1ccc(C(=O)Nc2cc(-c3cc(F)cc(F)c3)[nH]n2)cn1. The van der Waals surface area contributed by atoms with E-state index in [0.29, 0.717) is 17.1 Å². The van der Waals surface area contributed by atoms with Gasteiger partial charge in [0.15, 0.2) is 5.82 Å². The molecule has 0 aliphatic heterocycles. The van der Waals surface area contributed by atoms with Crippen LogP contribution in [0.25, 0.3) is 11.3 Å². The Labute approximate surface area is 129 Å². The van der Waals surface area contributed by atoms with Gasteiger partial charge in [-0.1, -0.05) is 0 Å². The molecule has 0 saturated heterocycles. The first-order valence-corrected chi connectivity index (χ1v) is 6.56. The largest absolute Gasteiger partial charge is 0.384 e. The summed E-state index contributed by atoms with van der Waals surface area (Å²) in [6.45, 7) is 0. The summed E-state index contributed by atoms with van der Waals surface area (Å²) >= 11 is 0. The molecule has 1 amide bonds. The molecule has 2 aromatic heterocycles. The van der Waals surface area contributed by atoms with Gasteiger partial charge in [-0.15, -0.1) is 0 Å². The predicted octanol–water partition coefficient (Wildman–Crippen LogP) is 2.58. The van der Waals surface area contributed by atoms with Crippen molar-refractivity contribution >= 4 is 17.5 Å². The summed E-state index contributed by atoms with van der Waals surface area (Å²) in [7, 11) is 0. The van der Waals surface area contributed by atoms with Gasteiger partial charge in [0.1, 0.15) is 17.5 Å². The summed E-state index contributed by atoms with van der Waals surface area (Å²) in [4.78, 5) is 15.8. The topological polar surface area (TPSA) is 96.7 Å². The number of halogens is 2. The number of H-pyrrole nitrogens is 1. The van der Waals surface area contributed by atoms with Gasteiger partial charge in [-0.05, 0) is 24.3 Å². The highest BCUT2D eigenvalue weighted by Gasteiger charge is 2.11. The Morgan fingerprint density at radius 2 is 1.87 bits per heavy atom. The van der Waals surface area contributed by atoms with Gasteiger partial charge in [0.25, 0.3) is 5.91 Å². The van der Waals surface area contributed by atoms with Crippen LogP contribution in [0.2, 0.25) is 0 Å². The molecule has 4 N–H and O–H groups in total. The number of aromatic nitrogens is 3. The van der Waals surface area contributed by atoms with E-state index < -0.39 is 17.5 Å².